The average Bonchev–Trinajstić information content (AvgIpc) is 2.72. The fourth-order valence-corrected chi connectivity index (χ4v) is 3.60. The van der Waals surface area contributed by atoms with Crippen LogP contribution in [0.3, 0.4) is 0 Å². The largest absolute Gasteiger partial charge is 0.497 e. The van der Waals surface area contributed by atoms with Gasteiger partial charge in [0, 0.05) is 5.92 Å². The molecule has 0 aliphatic heterocycles. The maximum Gasteiger partial charge on any atom is 0.119 e. The Hall–Kier alpha value is -1.80. The van der Waals surface area contributed by atoms with Crippen LogP contribution in [0.1, 0.15) is 41.0 Å². The van der Waals surface area contributed by atoms with E-state index in [0.29, 0.717) is 5.92 Å². The van der Waals surface area contributed by atoms with Crippen LogP contribution in [-0.4, -0.2) is 20.7 Å². The van der Waals surface area contributed by atoms with Crippen LogP contribution < -0.4 is 10.1 Å². The summed E-state index contributed by atoms with van der Waals surface area (Å²) in [5, 5.41) is 3.27. The molecular formula is C20H25NO. The molecule has 2 aromatic rings. The van der Waals surface area contributed by atoms with Crippen molar-refractivity contribution in [2.75, 3.05) is 20.7 Å². The molecule has 0 radical (unpaired) electrons. The Kier molecular flexibility index (Phi) is 4.79. The molecule has 0 aromatic heterocycles. The van der Waals surface area contributed by atoms with Crippen molar-refractivity contribution >= 4 is 0 Å². The van der Waals surface area contributed by atoms with E-state index in [-0.39, 0.29) is 0 Å². The van der Waals surface area contributed by atoms with E-state index in [1.54, 1.807) is 7.11 Å². The van der Waals surface area contributed by atoms with Gasteiger partial charge in [0.1, 0.15) is 5.75 Å². The Morgan fingerprint density at radius 3 is 2.64 bits per heavy atom. The number of aryl methyl sites for hydroxylation is 2. The van der Waals surface area contributed by atoms with Gasteiger partial charge in [-0.1, -0.05) is 30.3 Å². The molecule has 0 amide bonds. The van der Waals surface area contributed by atoms with Gasteiger partial charge < -0.3 is 10.1 Å². The topological polar surface area (TPSA) is 21.3 Å². The van der Waals surface area contributed by atoms with E-state index in [2.05, 4.69) is 47.8 Å². The van der Waals surface area contributed by atoms with Crippen molar-refractivity contribution in [3.05, 3.63) is 64.7 Å². The first-order valence-electron chi connectivity index (χ1n) is 8.22. The molecule has 3 rings (SSSR count). The summed E-state index contributed by atoms with van der Waals surface area (Å²) in [5.74, 6) is 1.48. The van der Waals surface area contributed by atoms with Crippen LogP contribution in [-0.2, 0) is 12.8 Å². The van der Waals surface area contributed by atoms with Crippen molar-refractivity contribution < 1.29 is 4.74 Å². The molecule has 116 valence electrons. The SMILES string of the molecule is CNCCCC1c2ccccc2CCc2cc(OC)ccc21. The summed E-state index contributed by atoms with van der Waals surface area (Å²) in [5.41, 5.74) is 5.96. The summed E-state index contributed by atoms with van der Waals surface area (Å²) in [7, 11) is 3.78. The molecule has 2 heteroatoms. The molecule has 0 saturated heterocycles. The predicted molar refractivity (Wildman–Crippen MR) is 91.8 cm³/mol. The average molecular weight is 295 g/mol. The van der Waals surface area contributed by atoms with Crippen molar-refractivity contribution in [2.45, 2.75) is 31.6 Å². The highest BCUT2D eigenvalue weighted by Gasteiger charge is 2.23. The second-order valence-corrected chi connectivity index (χ2v) is 6.06. The van der Waals surface area contributed by atoms with Crippen molar-refractivity contribution in [1.82, 2.24) is 5.32 Å². The molecule has 2 nitrogen and oxygen atoms in total. The standard InChI is InChI=1S/C20H25NO/c1-21-13-5-8-20-18-7-4-3-6-15(18)9-10-16-14-17(22-2)11-12-19(16)20/h3-4,6-7,11-12,14,20-21H,5,8-10,13H2,1-2H3. The molecule has 1 aliphatic rings. The lowest BCUT2D eigenvalue weighted by molar-refractivity contribution is 0.414. The van der Waals surface area contributed by atoms with Gasteiger partial charge in [0.25, 0.3) is 0 Å². The summed E-state index contributed by atoms with van der Waals surface area (Å²) >= 11 is 0. The Balaban J connectivity index is 2.01. The van der Waals surface area contributed by atoms with Crippen LogP contribution >= 0.6 is 0 Å². The van der Waals surface area contributed by atoms with Crippen LogP contribution in [0.25, 0.3) is 0 Å². The number of hydrogen-bond acceptors (Lipinski definition) is 2. The normalized spacial score (nSPS) is 16.5. The molecule has 0 heterocycles. The lowest BCUT2D eigenvalue weighted by atomic mass is 9.85. The number of ether oxygens (including phenoxy) is 1. The van der Waals surface area contributed by atoms with Gasteiger partial charge in [-0.05, 0) is 73.7 Å². The lowest BCUT2D eigenvalue weighted by Gasteiger charge is -2.21. The fourth-order valence-electron chi connectivity index (χ4n) is 3.60. The zero-order valence-electron chi connectivity index (χ0n) is 13.6. The summed E-state index contributed by atoms with van der Waals surface area (Å²) in [4.78, 5) is 0. The molecule has 2 aromatic carbocycles. The molecule has 0 spiro atoms. The molecule has 0 bridgehead atoms. The number of nitrogens with one attached hydrogen (secondary N) is 1. The predicted octanol–water partition coefficient (Wildman–Crippen LogP) is 3.93. The summed E-state index contributed by atoms with van der Waals surface area (Å²) in [6, 6.07) is 15.6. The van der Waals surface area contributed by atoms with Crippen molar-refractivity contribution in [3.63, 3.8) is 0 Å². The van der Waals surface area contributed by atoms with E-state index in [4.69, 9.17) is 4.74 Å². The molecule has 22 heavy (non-hydrogen) atoms. The Bertz CT molecular complexity index is 635. The Morgan fingerprint density at radius 1 is 1.05 bits per heavy atom. The third-order valence-electron chi connectivity index (χ3n) is 4.74. The first-order valence-corrected chi connectivity index (χ1v) is 8.22. The first kappa shape index (κ1) is 15.1. The highest BCUT2D eigenvalue weighted by molar-refractivity contribution is 5.47. The third kappa shape index (κ3) is 3.02. The van der Waals surface area contributed by atoms with Gasteiger partial charge in [-0.2, -0.15) is 0 Å². The molecule has 1 atom stereocenters. The molecule has 0 fully saturated rings. The third-order valence-corrected chi connectivity index (χ3v) is 4.74. The maximum absolute atomic E-state index is 5.42. The van der Waals surface area contributed by atoms with Gasteiger partial charge in [-0.25, -0.2) is 0 Å². The fraction of sp³-hybridized carbons (Fsp3) is 0.400. The van der Waals surface area contributed by atoms with Gasteiger partial charge in [0.05, 0.1) is 7.11 Å². The summed E-state index contributed by atoms with van der Waals surface area (Å²) in [6.07, 6.45) is 4.61. The minimum Gasteiger partial charge on any atom is -0.497 e. The van der Waals surface area contributed by atoms with Crippen molar-refractivity contribution in [3.8, 4) is 5.75 Å². The first-order chi connectivity index (χ1) is 10.8. The number of rotatable bonds is 5. The van der Waals surface area contributed by atoms with Crippen LogP contribution in [0.2, 0.25) is 0 Å². The quantitative estimate of drug-likeness (QED) is 0.844. The Labute approximate surface area is 133 Å². The molecule has 0 saturated carbocycles. The van der Waals surface area contributed by atoms with E-state index < -0.39 is 0 Å². The van der Waals surface area contributed by atoms with Crippen LogP contribution in [0.15, 0.2) is 42.5 Å². The van der Waals surface area contributed by atoms with Gasteiger partial charge in [-0.3, -0.25) is 0 Å². The lowest BCUT2D eigenvalue weighted by Crippen LogP contribution is -2.11. The molecular weight excluding hydrogens is 270 g/mol. The van der Waals surface area contributed by atoms with Gasteiger partial charge in [-0.15, -0.1) is 0 Å². The van der Waals surface area contributed by atoms with E-state index in [9.17, 15) is 0 Å². The zero-order valence-corrected chi connectivity index (χ0v) is 13.6. The van der Waals surface area contributed by atoms with Crippen LogP contribution in [0, 0.1) is 0 Å². The number of benzene rings is 2. The van der Waals surface area contributed by atoms with Crippen LogP contribution in [0.5, 0.6) is 5.75 Å². The monoisotopic (exact) mass is 295 g/mol. The van der Waals surface area contributed by atoms with Crippen LogP contribution in [0.4, 0.5) is 0 Å². The van der Waals surface area contributed by atoms with E-state index in [1.807, 2.05) is 7.05 Å². The zero-order chi connectivity index (χ0) is 15.4. The minimum absolute atomic E-state index is 0.507. The maximum atomic E-state index is 5.42. The summed E-state index contributed by atoms with van der Waals surface area (Å²) < 4.78 is 5.42. The highest BCUT2D eigenvalue weighted by Crippen LogP contribution is 2.38. The minimum atomic E-state index is 0.507. The van der Waals surface area contributed by atoms with E-state index >= 15 is 0 Å². The van der Waals surface area contributed by atoms with Gasteiger partial charge in [0.15, 0.2) is 0 Å². The number of methoxy groups -OCH3 is 1. The number of hydrogen-bond donors (Lipinski definition) is 1. The highest BCUT2D eigenvalue weighted by atomic mass is 16.5. The second-order valence-electron chi connectivity index (χ2n) is 6.06. The number of fused-ring (bicyclic) bond motifs is 2. The van der Waals surface area contributed by atoms with E-state index in [0.717, 1.165) is 25.1 Å². The molecule has 1 unspecified atom stereocenters. The Morgan fingerprint density at radius 2 is 1.82 bits per heavy atom. The van der Waals surface area contributed by atoms with E-state index in [1.165, 1.54) is 35.1 Å². The van der Waals surface area contributed by atoms with Gasteiger partial charge >= 0.3 is 0 Å². The van der Waals surface area contributed by atoms with Gasteiger partial charge in [0.2, 0.25) is 0 Å². The summed E-state index contributed by atoms with van der Waals surface area (Å²) in [6.45, 7) is 1.07. The second kappa shape index (κ2) is 6.97. The molecule has 1 N–H and O–H groups in total. The smallest absolute Gasteiger partial charge is 0.119 e. The molecule has 1 aliphatic carbocycles. The van der Waals surface area contributed by atoms with Crippen molar-refractivity contribution in [1.29, 1.82) is 0 Å². The van der Waals surface area contributed by atoms with Crippen molar-refractivity contribution in [2.24, 2.45) is 0 Å².